The Morgan fingerprint density at radius 1 is 1.29 bits per heavy atom. The SMILES string of the molecule is CCN1CCN(CCCCC(C)(C#N)NC2CC2)CC1C. The average Bonchev–Trinajstić information content (AvgIpc) is 3.27. The van der Waals surface area contributed by atoms with Crippen molar-refractivity contribution >= 4 is 0 Å². The fraction of sp³-hybridized carbons (Fsp3) is 0.941. The average molecular weight is 292 g/mol. The molecule has 0 amide bonds. The predicted molar refractivity (Wildman–Crippen MR) is 87.2 cm³/mol. The third kappa shape index (κ3) is 5.25. The van der Waals surface area contributed by atoms with Crippen LogP contribution < -0.4 is 5.32 Å². The summed E-state index contributed by atoms with van der Waals surface area (Å²) in [5, 5.41) is 12.9. The Bertz CT molecular complexity index is 360. The molecular formula is C17H32N4. The van der Waals surface area contributed by atoms with Gasteiger partial charge in [0.25, 0.3) is 0 Å². The van der Waals surface area contributed by atoms with Crippen LogP contribution in [0.4, 0.5) is 0 Å². The van der Waals surface area contributed by atoms with Gasteiger partial charge in [-0.05, 0) is 59.0 Å². The third-order valence-corrected chi connectivity index (χ3v) is 5.00. The first kappa shape index (κ1) is 16.7. The first-order valence-electron chi connectivity index (χ1n) is 8.71. The number of rotatable bonds is 8. The van der Waals surface area contributed by atoms with Crippen LogP contribution >= 0.6 is 0 Å². The van der Waals surface area contributed by atoms with E-state index in [0.29, 0.717) is 12.1 Å². The van der Waals surface area contributed by atoms with Gasteiger partial charge in [-0.1, -0.05) is 6.92 Å². The minimum Gasteiger partial charge on any atom is -0.301 e. The summed E-state index contributed by atoms with van der Waals surface area (Å²) in [4.78, 5) is 5.15. The first-order chi connectivity index (χ1) is 10.1. The Balaban J connectivity index is 1.62. The van der Waals surface area contributed by atoms with Gasteiger partial charge in [-0.15, -0.1) is 0 Å². The van der Waals surface area contributed by atoms with Crippen LogP contribution in [0.2, 0.25) is 0 Å². The van der Waals surface area contributed by atoms with Crippen LogP contribution in [0.5, 0.6) is 0 Å². The highest BCUT2D eigenvalue weighted by atomic mass is 15.3. The van der Waals surface area contributed by atoms with E-state index in [2.05, 4.69) is 42.0 Å². The fourth-order valence-corrected chi connectivity index (χ4v) is 3.40. The van der Waals surface area contributed by atoms with E-state index < -0.39 is 0 Å². The standard InChI is InChI=1S/C17H32N4/c1-4-21-12-11-20(13-15(21)2)10-6-5-9-17(3,14-18)19-16-7-8-16/h15-16,19H,4-13H2,1-3H3. The van der Waals surface area contributed by atoms with E-state index in [1.54, 1.807) is 0 Å². The maximum Gasteiger partial charge on any atom is 0.104 e. The monoisotopic (exact) mass is 292 g/mol. The highest BCUT2D eigenvalue weighted by Gasteiger charge is 2.32. The zero-order chi connectivity index (χ0) is 15.3. The highest BCUT2D eigenvalue weighted by molar-refractivity contribution is 5.06. The van der Waals surface area contributed by atoms with Crippen LogP contribution in [0.15, 0.2) is 0 Å². The van der Waals surface area contributed by atoms with Gasteiger partial charge < -0.3 is 4.90 Å². The maximum atomic E-state index is 9.37. The summed E-state index contributed by atoms with van der Waals surface area (Å²) in [6.07, 6.45) is 5.83. The molecule has 0 aromatic heterocycles. The minimum atomic E-state index is -0.310. The number of nitriles is 1. The molecule has 0 bridgehead atoms. The second-order valence-electron chi connectivity index (χ2n) is 7.10. The van der Waals surface area contributed by atoms with E-state index in [9.17, 15) is 5.26 Å². The summed E-state index contributed by atoms with van der Waals surface area (Å²) < 4.78 is 0. The number of likely N-dealkylation sites (N-methyl/N-ethyl adjacent to an activating group) is 1. The summed E-state index contributed by atoms with van der Waals surface area (Å²) in [5.41, 5.74) is -0.310. The molecule has 120 valence electrons. The molecule has 0 aromatic rings. The molecular weight excluding hydrogens is 260 g/mol. The number of hydrogen-bond acceptors (Lipinski definition) is 4. The van der Waals surface area contributed by atoms with Crippen molar-refractivity contribution in [1.29, 1.82) is 5.26 Å². The molecule has 0 radical (unpaired) electrons. The van der Waals surface area contributed by atoms with Crippen molar-refractivity contribution in [2.24, 2.45) is 0 Å². The lowest BCUT2D eigenvalue weighted by molar-refractivity contribution is 0.0866. The fourth-order valence-electron chi connectivity index (χ4n) is 3.40. The van der Waals surface area contributed by atoms with E-state index in [1.807, 2.05) is 0 Å². The van der Waals surface area contributed by atoms with Gasteiger partial charge in [0.1, 0.15) is 5.54 Å². The van der Waals surface area contributed by atoms with Gasteiger partial charge in [-0.3, -0.25) is 10.2 Å². The minimum absolute atomic E-state index is 0.310. The van der Waals surface area contributed by atoms with Crippen LogP contribution in [0.25, 0.3) is 0 Å². The molecule has 1 aliphatic heterocycles. The third-order valence-electron chi connectivity index (χ3n) is 5.00. The van der Waals surface area contributed by atoms with Gasteiger partial charge in [-0.2, -0.15) is 5.26 Å². The molecule has 21 heavy (non-hydrogen) atoms. The van der Waals surface area contributed by atoms with Gasteiger partial charge in [0.15, 0.2) is 0 Å². The quantitative estimate of drug-likeness (QED) is 0.697. The Morgan fingerprint density at radius 3 is 2.62 bits per heavy atom. The zero-order valence-electron chi connectivity index (χ0n) is 14.1. The molecule has 1 saturated heterocycles. The molecule has 4 heteroatoms. The highest BCUT2D eigenvalue weighted by Crippen LogP contribution is 2.24. The van der Waals surface area contributed by atoms with Crippen molar-refractivity contribution in [3.63, 3.8) is 0 Å². The lowest BCUT2D eigenvalue weighted by Crippen LogP contribution is -2.51. The van der Waals surface area contributed by atoms with Gasteiger partial charge in [-0.25, -0.2) is 0 Å². The van der Waals surface area contributed by atoms with Gasteiger partial charge in [0.2, 0.25) is 0 Å². The zero-order valence-corrected chi connectivity index (χ0v) is 14.1. The Labute approximate surface area is 130 Å². The summed E-state index contributed by atoms with van der Waals surface area (Å²) in [5.74, 6) is 0. The van der Waals surface area contributed by atoms with Crippen LogP contribution in [-0.4, -0.2) is 60.1 Å². The van der Waals surface area contributed by atoms with Gasteiger partial charge >= 0.3 is 0 Å². The smallest absolute Gasteiger partial charge is 0.104 e. The van der Waals surface area contributed by atoms with Crippen molar-refractivity contribution < 1.29 is 0 Å². The predicted octanol–water partition coefficient (Wildman–Crippen LogP) is 2.22. The normalized spacial score (nSPS) is 27.2. The summed E-state index contributed by atoms with van der Waals surface area (Å²) >= 11 is 0. The van der Waals surface area contributed by atoms with Crippen molar-refractivity contribution in [3.05, 3.63) is 0 Å². The molecule has 1 saturated carbocycles. The van der Waals surface area contributed by atoms with Crippen molar-refractivity contribution in [2.45, 2.75) is 70.5 Å². The topological polar surface area (TPSA) is 42.3 Å². The van der Waals surface area contributed by atoms with Crippen molar-refractivity contribution in [3.8, 4) is 6.07 Å². The number of hydrogen-bond donors (Lipinski definition) is 1. The molecule has 0 aromatic carbocycles. The Morgan fingerprint density at radius 2 is 2.05 bits per heavy atom. The molecule has 2 rings (SSSR count). The largest absolute Gasteiger partial charge is 0.301 e. The molecule has 1 aliphatic carbocycles. The van der Waals surface area contributed by atoms with Crippen LogP contribution in [0.1, 0.15) is 52.9 Å². The summed E-state index contributed by atoms with van der Waals surface area (Å²) in [6.45, 7) is 12.6. The molecule has 2 fully saturated rings. The molecule has 1 heterocycles. The lowest BCUT2D eigenvalue weighted by atomic mass is 9.96. The van der Waals surface area contributed by atoms with E-state index in [-0.39, 0.29) is 5.54 Å². The number of piperazine rings is 1. The van der Waals surface area contributed by atoms with Crippen LogP contribution in [0, 0.1) is 11.3 Å². The summed E-state index contributed by atoms with van der Waals surface area (Å²) in [7, 11) is 0. The molecule has 4 nitrogen and oxygen atoms in total. The number of unbranched alkanes of at least 4 members (excludes halogenated alkanes) is 1. The molecule has 1 N–H and O–H groups in total. The number of nitrogens with one attached hydrogen (secondary N) is 1. The van der Waals surface area contributed by atoms with E-state index >= 15 is 0 Å². The summed E-state index contributed by atoms with van der Waals surface area (Å²) in [6, 6.07) is 3.77. The van der Waals surface area contributed by atoms with E-state index in [1.165, 1.54) is 52.0 Å². The van der Waals surface area contributed by atoms with E-state index in [4.69, 9.17) is 0 Å². The lowest BCUT2D eigenvalue weighted by Gasteiger charge is -2.39. The van der Waals surface area contributed by atoms with Gasteiger partial charge in [0, 0.05) is 31.7 Å². The van der Waals surface area contributed by atoms with Crippen molar-refractivity contribution in [1.82, 2.24) is 15.1 Å². The molecule has 2 unspecified atom stereocenters. The first-order valence-corrected chi connectivity index (χ1v) is 8.71. The second kappa shape index (κ2) is 7.58. The van der Waals surface area contributed by atoms with Crippen LogP contribution in [-0.2, 0) is 0 Å². The van der Waals surface area contributed by atoms with E-state index in [0.717, 1.165) is 12.8 Å². The molecule has 2 atom stereocenters. The van der Waals surface area contributed by atoms with Gasteiger partial charge in [0.05, 0.1) is 6.07 Å². The maximum absolute atomic E-state index is 9.37. The van der Waals surface area contributed by atoms with Crippen LogP contribution in [0.3, 0.4) is 0 Å². The Kier molecular flexibility index (Phi) is 6.04. The molecule has 2 aliphatic rings. The molecule has 0 spiro atoms. The second-order valence-corrected chi connectivity index (χ2v) is 7.10. The Hall–Kier alpha value is -0.630. The number of nitrogens with zero attached hydrogens (tertiary/aromatic N) is 3. The van der Waals surface area contributed by atoms with Crippen molar-refractivity contribution in [2.75, 3.05) is 32.7 Å².